The van der Waals surface area contributed by atoms with Crippen LogP contribution < -0.4 is 17.2 Å². The molecular formula is C12H13N7S. The van der Waals surface area contributed by atoms with Gasteiger partial charge in [-0.3, -0.25) is 0 Å². The van der Waals surface area contributed by atoms with E-state index in [4.69, 9.17) is 17.2 Å². The topological polar surface area (TPSA) is 121 Å². The second-order valence-corrected chi connectivity index (χ2v) is 5.05. The zero-order valence-electron chi connectivity index (χ0n) is 10.5. The Morgan fingerprint density at radius 2 is 1.85 bits per heavy atom. The summed E-state index contributed by atoms with van der Waals surface area (Å²) in [6.45, 7) is 0.366. The van der Waals surface area contributed by atoms with Crippen molar-refractivity contribution >= 4 is 29.0 Å². The summed E-state index contributed by atoms with van der Waals surface area (Å²) in [6.07, 6.45) is 1.92. The van der Waals surface area contributed by atoms with E-state index in [2.05, 4.69) is 15.0 Å². The summed E-state index contributed by atoms with van der Waals surface area (Å²) in [5.41, 5.74) is 18.9. The maximum absolute atomic E-state index is 5.81. The van der Waals surface area contributed by atoms with Crippen molar-refractivity contribution in [2.75, 3.05) is 11.5 Å². The average Bonchev–Trinajstić information content (AvgIpc) is 2.74. The second-order valence-electron chi connectivity index (χ2n) is 4.10. The summed E-state index contributed by atoms with van der Waals surface area (Å²) in [5.74, 6) is 0.663. The molecule has 0 aromatic carbocycles. The van der Waals surface area contributed by atoms with E-state index in [1.165, 1.54) is 17.8 Å². The molecule has 0 amide bonds. The number of hydrogen-bond donors (Lipinski definition) is 3. The predicted octanol–water partition coefficient (Wildman–Crippen LogP) is 0.899. The minimum atomic E-state index is 0.332. The normalized spacial score (nSPS) is 11.1. The Hall–Kier alpha value is -2.32. The van der Waals surface area contributed by atoms with Gasteiger partial charge >= 0.3 is 0 Å². The lowest BCUT2D eigenvalue weighted by molar-refractivity contribution is 0.914. The van der Waals surface area contributed by atoms with Crippen LogP contribution in [0.15, 0.2) is 40.6 Å². The molecule has 3 heterocycles. The molecule has 0 radical (unpaired) electrons. The van der Waals surface area contributed by atoms with E-state index in [1.807, 2.05) is 28.8 Å². The van der Waals surface area contributed by atoms with Gasteiger partial charge in [0.2, 0.25) is 0 Å². The van der Waals surface area contributed by atoms with Gasteiger partial charge in [-0.05, 0) is 23.9 Å². The Morgan fingerprint density at radius 1 is 1.10 bits per heavy atom. The molecule has 3 rings (SSSR count). The maximum Gasteiger partial charge on any atom is 0.197 e. The van der Waals surface area contributed by atoms with Gasteiger partial charge in [0, 0.05) is 18.8 Å². The van der Waals surface area contributed by atoms with Crippen LogP contribution in [-0.2, 0) is 6.54 Å². The molecule has 0 atom stereocenters. The lowest BCUT2D eigenvalue weighted by atomic mass is 10.4. The third kappa shape index (κ3) is 2.26. The third-order valence-electron chi connectivity index (χ3n) is 2.72. The molecule has 3 aromatic rings. The molecule has 0 aliphatic heterocycles. The quantitative estimate of drug-likeness (QED) is 0.612. The first-order valence-electron chi connectivity index (χ1n) is 5.91. The van der Waals surface area contributed by atoms with Gasteiger partial charge in [-0.1, -0.05) is 6.07 Å². The van der Waals surface area contributed by atoms with E-state index in [0.717, 1.165) is 16.4 Å². The molecule has 7 nitrogen and oxygen atoms in total. The van der Waals surface area contributed by atoms with Gasteiger partial charge in [0.15, 0.2) is 5.16 Å². The standard InChI is InChI=1S/C12H13N7S/c13-6-7-11(18-10-3-1-2-4-19(7)10)20-12-16-8(14)5-9(15)17-12/h1-5H,6,13H2,(H4,14,15,16,17). The number of rotatable bonds is 3. The average molecular weight is 287 g/mol. The van der Waals surface area contributed by atoms with Crippen LogP contribution in [0.25, 0.3) is 5.65 Å². The highest BCUT2D eigenvalue weighted by atomic mass is 32.2. The minimum absolute atomic E-state index is 0.332. The molecule has 0 bridgehead atoms. The Labute approximate surface area is 119 Å². The first kappa shape index (κ1) is 12.7. The van der Waals surface area contributed by atoms with Crippen LogP contribution in [0.5, 0.6) is 0 Å². The number of nitrogens with two attached hydrogens (primary N) is 3. The van der Waals surface area contributed by atoms with Crippen LogP contribution >= 0.6 is 11.8 Å². The van der Waals surface area contributed by atoms with Crippen molar-refractivity contribution in [2.45, 2.75) is 16.7 Å². The first-order valence-corrected chi connectivity index (χ1v) is 6.73. The molecule has 0 aliphatic rings. The number of pyridine rings is 1. The van der Waals surface area contributed by atoms with Crippen molar-refractivity contribution in [3.63, 3.8) is 0 Å². The SMILES string of the molecule is NCc1c(Sc2nc(N)cc(N)n2)nc2ccccn12. The highest BCUT2D eigenvalue weighted by Crippen LogP contribution is 2.29. The Balaban J connectivity index is 2.05. The smallest absolute Gasteiger partial charge is 0.197 e. The van der Waals surface area contributed by atoms with Gasteiger partial charge in [-0.2, -0.15) is 0 Å². The number of nitrogens with zero attached hydrogens (tertiary/aromatic N) is 4. The fraction of sp³-hybridized carbons (Fsp3) is 0.0833. The van der Waals surface area contributed by atoms with Crippen LogP contribution in [-0.4, -0.2) is 19.4 Å². The van der Waals surface area contributed by atoms with Crippen LogP contribution in [0.3, 0.4) is 0 Å². The van der Waals surface area contributed by atoms with Crippen LogP contribution in [0.2, 0.25) is 0 Å². The van der Waals surface area contributed by atoms with Gasteiger partial charge in [0.05, 0.1) is 5.69 Å². The largest absolute Gasteiger partial charge is 0.383 e. The third-order valence-corrected chi connectivity index (χ3v) is 3.60. The van der Waals surface area contributed by atoms with Crippen molar-refractivity contribution in [2.24, 2.45) is 5.73 Å². The zero-order chi connectivity index (χ0) is 14.1. The van der Waals surface area contributed by atoms with E-state index >= 15 is 0 Å². The summed E-state index contributed by atoms with van der Waals surface area (Å²) >= 11 is 1.30. The van der Waals surface area contributed by atoms with Crippen LogP contribution in [0.4, 0.5) is 11.6 Å². The van der Waals surface area contributed by atoms with Gasteiger partial charge in [-0.25, -0.2) is 15.0 Å². The van der Waals surface area contributed by atoms with Gasteiger partial charge in [0.25, 0.3) is 0 Å². The fourth-order valence-electron chi connectivity index (χ4n) is 1.89. The fourth-order valence-corrected chi connectivity index (χ4v) is 2.80. The van der Waals surface area contributed by atoms with E-state index in [0.29, 0.717) is 23.3 Å². The zero-order valence-corrected chi connectivity index (χ0v) is 11.3. The number of hydrogen-bond acceptors (Lipinski definition) is 7. The summed E-state index contributed by atoms with van der Waals surface area (Å²) in [5, 5.41) is 1.21. The van der Waals surface area contributed by atoms with Gasteiger partial charge < -0.3 is 21.6 Å². The van der Waals surface area contributed by atoms with Crippen molar-refractivity contribution in [3.8, 4) is 0 Å². The molecule has 3 aromatic heterocycles. The lowest BCUT2D eigenvalue weighted by Crippen LogP contribution is -2.03. The lowest BCUT2D eigenvalue weighted by Gasteiger charge is -2.02. The molecule has 0 saturated heterocycles. The first-order chi connectivity index (χ1) is 9.67. The molecule has 0 unspecified atom stereocenters. The Morgan fingerprint density at radius 3 is 2.55 bits per heavy atom. The molecule has 8 heteroatoms. The van der Waals surface area contributed by atoms with Crippen molar-refractivity contribution in [1.29, 1.82) is 0 Å². The maximum atomic E-state index is 5.81. The van der Waals surface area contributed by atoms with Crippen molar-refractivity contribution < 1.29 is 0 Å². The monoisotopic (exact) mass is 287 g/mol. The summed E-state index contributed by atoms with van der Waals surface area (Å²) in [7, 11) is 0. The number of nitrogen functional groups attached to an aromatic ring is 2. The Kier molecular flexibility index (Phi) is 3.17. The van der Waals surface area contributed by atoms with E-state index < -0.39 is 0 Å². The predicted molar refractivity (Wildman–Crippen MR) is 78.1 cm³/mol. The molecule has 6 N–H and O–H groups in total. The number of imidazole rings is 1. The highest BCUT2D eigenvalue weighted by molar-refractivity contribution is 7.99. The van der Waals surface area contributed by atoms with Crippen molar-refractivity contribution in [3.05, 3.63) is 36.2 Å². The molecule has 0 aliphatic carbocycles. The molecule has 102 valence electrons. The summed E-state index contributed by atoms with van der Waals surface area (Å²) in [6, 6.07) is 7.28. The number of anilines is 2. The molecule has 0 saturated carbocycles. The van der Waals surface area contributed by atoms with E-state index in [9.17, 15) is 0 Å². The number of fused-ring (bicyclic) bond motifs is 1. The van der Waals surface area contributed by atoms with E-state index in [1.54, 1.807) is 0 Å². The minimum Gasteiger partial charge on any atom is -0.383 e. The van der Waals surface area contributed by atoms with Crippen LogP contribution in [0, 0.1) is 0 Å². The Bertz CT molecular complexity index is 747. The summed E-state index contributed by atoms with van der Waals surface area (Å²) < 4.78 is 1.94. The highest BCUT2D eigenvalue weighted by Gasteiger charge is 2.13. The van der Waals surface area contributed by atoms with Gasteiger partial charge in [-0.15, -0.1) is 0 Å². The van der Waals surface area contributed by atoms with Crippen LogP contribution in [0.1, 0.15) is 5.69 Å². The van der Waals surface area contributed by atoms with Crippen molar-refractivity contribution in [1.82, 2.24) is 19.4 Å². The summed E-state index contributed by atoms with van der Waals surface area (Å²) in [4.78, 5) is 12.8. The molecule has 0 fully saturated rings. The second kappa shape index (κ2) is 4.99. The number of aromatic nitrogens is 4. The molecule has 20 heavy (non-hydrogen) atoms. The van der Waals surface area contributed by atoms with Gasteiger partial charge in [0.1, 0.15) is 22.3 Å². The molecular weight excluding hydrogens is 274 g/mol. The van der Waals surface area contributed by atoms with E-state index in [-0.39, 0.29) is 0 Å². The molecule has 0 spiro atoms.